The fourth-order valence-corrected chi connectivity index (χ4v) is 5.30. The second kappa shape index (κ2) is 14.4. The summed E-state index contributed by atoms with van der Waals surface area (Å²) in [7, 11) is 0. The van der Waals surface area contributed by atoms with E-state index in [4.69, 9.17) is 9.47 Å². The minimum absolute atomic E-state index is 0.0786. The largest absolute Gasteiger partial charge is 0.352 e. The minimum Gasteiger partial charge on any atom is -0.352 e. The van der Waals surface area contributed by atoms with Crippen molar-refractivity contribution in [2.24, 2.45) is 11.3 Å². The molecule has 0 aliphatic heterocycles. The smallest absolute Gasteiger partial charge is 0.147 e. The van der Waals surface area contributed by atoms with Crippen molar-refractivity contribution in [1.29, 1.82) is 5.26 Å². The lowest BCUT2D eigenvalue weighted by atomic mass is 9.71. The van der Waals surface area contributed by atoms with Crippen molar-refractivity contribution < 1.29 is 9.47 Å². The van der Waals surface area contributed by atoms with Crippen LogP contribution in [0.2, 0.25) is 0 Å². The molecule has 168 valence electrons. The van der Waals surface area contributed by atoms with E-state index in [0.29, 0.717) is 19.0 Å². The maximum Gasteiger partial charge on any atom is 0.147 e. The van der Waals surface area contributed by atoms with Crippen molar-refractivity contribution in [2.45, 2.75) is 142 Å². The van der Waals surface area contributed by atoms with Crippen molar-refractivity contribution >= 4 is 0 Å². The number of unbranched alkanes of at least 4 members (excludes halogenated alkanes) is 6. The third-order valence-corrected chi connectivity index (χ3v) is 7.50. The van der Waals surface area contributed by atoms with Crippen LogP contribution in [0.15, 0.2) is 0 Å². The van der Waals surface area contributed by atoms with Crippen LogP contribution in [-0.4, -0.2) is 19.0 Å². The predicted molar refractivity (Wildman–Crippen MR) is 121 cm³/mol. The zero-order valence-electron chi connectivity index (χ0n) is 19.4. The van der Waals surface area contributed by atoms with Gasteiger partial charge in [0, 0.05) is 0 Å². The van der Waals surface area contributed by atoms with Gasteiger partial charge in [-0.1, -0.05) is 71.6 Å². The molecule has 0 N–H and O–H groups in total. The van der Waals surface area contributed by atoms with Crippen molar-refractivity contribution in [3.63, 3.8) is 0 Å². The molecule has 2 saturated carbocycles. The van der Waals surface area contributed by atoms with Gasteiger partial charge in [-0.25, -0.2) is 0 Å². The highest BCUT2D eigenvalue weighted by atomic mass is 16.7. The summed E-state index contributed by atoms with van der Waals surface area (Å²) >= 11 is 0. The highest BCUT2D eigenvalue weighted by Gasteiger charge is 2.35. The van der Waals surface area contributed by atoms with Gasteiger partial charge in [-0.2, -0.15) is 5.26 Å². The number of ether oxygens (including phenoxy) is 2. The summed E-state index contributed by atoms with van der Waals surface area (Å²) in [4.78, 5) is 0. The summed E-state index contributed by atoms with van der Waals surface area (Å²) in [6.07, 6.45) is 23.0. The lowest BCUT2D eigenvalue weighted by molar-refractivity contribution is -0.137. The second-order valence-electron chi connectivity index (χ2n) is 9.85. The molecule has 0 bridgehead atoms. The molecule has 29 heavy (non-hydrogen) atoms. The summed E-state index contributed by atoms with van der Waals surface area (Å²) in [6, 6.07) is 2.65. The summed E-state index contributed by atoms with van der Waals surface area (Å²) in [6.45, 7) is 4.96. The first kappa shape index (κ1) is 24.7. The van der Waals surface area contributed by atoms with Gasteiger partial charge in [0.05, 0.1) is 23.7 Å². The third kappa shape index (κ3) is 9.39. The number of nitriles is 1. The van der Waals surface area contributed by atoms with Crippen LogP contribution in [0, 0.1) is 22.7 Å². The maximum absolute atomic E-state index is 9.67. The van der Waals surface area contributed by atoms with Crippen LogP contribution in [0.4, 0.5) is 0 Å². The summed E-state index contributed by atoms with van der Waals surface area (Å²) in [5.41, 5.74) is -0.0786. The Morgan fingerprint density at radius 1 is 0.759 bits per heavy atom. The Balaban J connectivity index is 1.51. The Kier molecular flexibility index (Phi) is 12.3. The van der Waals surface area contributed by atoms with E-state index in [-0.39, 0.29) is 5.41 Å². The molecule has 0 heterocycles. The van der Waals surface area contributed by atoms with Crippen molar-refractivity contribution in [3.8, 4) is 6.07 Å². The normalized spacial score (nSPS) is 30.2. The van der Waals surface area contributed by atoms with Crippen LogP contribution in [0.25, 0.3) is 0 Å². The molecule has 0 unspecified atom stereocenters. The fourth-order valence-electron chi connectivity index (χ4n) is 5.30. The Hall–Kier alpha value is -0.590. The van der Waals surface area contributed by atoms with Gasteiger partial charge in [0.25, 0.3) is 0 Å². The van der Waals surface area contributed by atoms with Crippen molar-refractivity contribution in [2.75, 3.05) is 6.79 Å². The molecule has 3 heteroatoms. The summed E-state index contributed by atoms with van der Waals surface area (Å²) < 4.78 is 12.1. The molecule has 2 rings (SSSR count). The predicted octanol–water partition coefficient (Wildman–Crippen LogP) is 7.93. The molecule has 2 aliphatic carbocycles. The van der Waals surface area contributed by atoms with E-state index in [1.807, 2.05) is 0 Å². The Labute approximate surface area is 180 Å². The summed E-state index contributed by atoms with van der Waals surface area (Å²) in [5.74, 6) is 0.933. The van der Waals surface area contributed by atoms with Crippen molar-refractivity contribution in [1.82, 2.24) is 0 Å². The maximum atomic E-state index is 9.67. The Morgan fingerprint density at radius 3 is 1.97 bits per heavy atom. The Morgan fingerprint density at radius 2 is 1.34 bits per heavy atom. The van der Waals surface area contributed by atoms with E-state index in [9.17, 15) is 5.26 Å². The van der Waals surface area contributed by atoms with Gasteiger partial charge in [0.2, 0.25) is 0 Å². The molecule has 2 fully saturated rings. The minimum atomic E-state index is -0.0786. The molecule has 0 atom stereocenters. The molecule has 0 radical (unpaired) electrons. The average molecular weight is 406 g/mol. The van der Waals surface area contributed by atoms with Gasteiger partial charge in [0.1, 0.15) is 6.79 Å². The summed E-state index contributed by atoms with van der Waals surface area (Å²) in [5, 5.41) is 9.67. The van der Waals surface area contributed by atoms with Crippen LogP contribution >= 0.6 is 0 Å². The number of nitrogens with zero attached hydrogens (tertiary/aromatic N) is 1. The Bertz CT molecular complexity index is 442. The molecular formula is C26H47NO2. The van der Waals surface area contributed by atoms with Gasteiger partial charge in [0.15, 0.2) is 0 Å². The highest BCUT2D eigenvalue weighted by molar-refractivity contribution is 5.01. The number of hydrogen-bond donors (Lipinski definition) is 0. The zero-order chi connectivity index (χ0) is 20.8. The van der Waals surface area contributed by atoms with Gasteiger partial charge in [-0.3, -0.25) is 0 Å². The van der Waals surface area contributed by atoms with Gasteiger partial charge in [-0.05, 0) is 63.7 Å². The van der Waals surface area contributed by atoms with E-state index in [1.165, 1.54) is 83.5 Å². The molecule has 0 aromatic carbocycles. The van der Waals surface area contributed by atoms with Crippen LogP contribution in [0.3, 0.4) is 0 Å². The first-order valence-corrected chi connectivity index (χ1v) is 12.9. The van der Waals surface area contributed by atoms with E-state index < -0.39 is 0 Å². The van der Waals surface area contributed by atoms with Crippen LogP contribution in [0.5, 0.6) is 0 Å². The van der Waals surface area contributed by atoms with E-state index in [2.05, 4.69) is 19.9 Å². The average Bonchev–Trinajstić information content (AvgIpc) is 2.76. The van der Waals surface area contributed by atoms with Crippen LogP contribution in [0.1, 0.15) is 129 Å². The standard InChI is InChI=1S/C26H47NO2/c1-3-5-7-8-9-11-23-12-14-24(15-13-23)28-22-29-25-16-19-26(21-27,20-17-25)18-10-6-4-2/h23-25H,3-20,22H2,1-2H3/t23-,24-,25-,26-. The molecule has 0 saturated heterocycles. The molecular weight excluding hydrogens is 358 g/mol. The number of hydrogen-bond acceptors (Lipinski definition) is 3. The molecule has 0 amide bonds. The lowest BCUT2D eigenvalue weighted by Gasteiger charge is -2.35. The van der Waals surface area contributed by atoms with Gasteiger partial charge in [-0.15, -0.1) is 0 Å². The first-order valence-electron chi connectivity index (χ1n) is 12.9. The molecule has 2 aliphatic rings. The van der Waals surface area contributed by atoms with E-state index >= 15 is 0 Å². The van der Waals surface area contributed by atoms with E-state index in [1.54, 1.807) is 0 Å². The quantitative estimate of drug-likeness (QED) is 0.218. The van der Waals surface area contributed by atoms with Gasteiger partial charge >= 0.3 is 0 Å². The molecule has 0 spiro atoms. The van der Waals surface area contributed by atoms with Crippen LogP contribution < -0.4 is 0 Å². The topological polar surface area (TPSA) is 42.2 Å². The first-order chi connectivity index (χ1) is 14.2. The lowest BCUT2D eigenvalue weighted by Crippen LogP contribution is -2.31. The van der Waals surface area contributed by atoms with E-state index in [0.717, 1.165) is 38.0 Å². The third-order valence-electron chi connectivity index (χ3n) is 7.50. The van der Waals surface area contributed by atoms with Crippen LogP contribution in [-0.2, 0) is 9.47 Å². The molecule has 3 nitrogen and oxygen atoms in total. The second-order valence-corrected chi connectivity index (χ2v) is 9.85. The van der Waals surface area contributed by atoms with Crippen molar-refractivity contribution in [3.05, 3.63) is 0 Å². The number of rotatable bonds is 14. The highest BCUT2D eigenvalue weighted by Crippen LogP contribution is 2.41. The zero-order valence-corrected chi connectivity index (χ0v) is 19.4. The fraction of sp³-hybridized carbons (Fsp3) is 0.962. The molecule has 0 aromatic rings. The SMILES string of the molecule is CCCCCCC[C@H]1CC[C@H](OCO[C@H]2CC[C@@](C#N)(CCCCC)CC2)CC1. The monoisotopic (exact) mass is 405 g/mol. The molecule has 0 aromatic heterocycles. The van der Waals surface area contributed by atoms with Gasteiger partial charge < -0.3 is 9.47 Å².